The minimum atomic E-state index is -0.0150. The van der Waals surface area contributed by atoms with E-state index < -0.39 is 0 Å². The van der Waals surface area contributed by atoms with Crippen LogP contribution in [0.5, 0.6) is 0 Å². The number of benzene rings is 1. The van der Waals surface area contributed by atoms with Gasteiger partial charge < -0.3 is 9.80 Å². The summed E-state index contributed by atoms with van der Waals surface area (Å²) in [5.74, 6) is 1.50. The van der Waals surface area contributed by atoms with Gasteiger partial charge >= 0.3 is 0 Å². The Morgan fingerprint density at radius 3 is 2.54 bits per heavy atom. The van der Waals surface area contributed by atoms with Crippen molar-refractivity contribution in [1.29, 1.82) is 0 Å². The van der Waals surface area contributed by atoms with Crippen LogP contribution in [-0.4, -0.2) is 35.5 Å². The summed E-state index contributed by atoms with van der Waals surface area (Å²) >= 11 is 0. The van der Waals surface area contributed by atoms with Crippen molar-refractivity contribution in [2.45, 2.75) is 26.2 Å². The molecule has 1 fully saturated rings. The molecule has 0 radical (unpaired) electrons. The Labute approximate surface area is 142 Å². The van der Waals surface area contributed by atoms with Gasteiger partial charge in [-0.3, -0.25) is 4.79 Å². The monoisotopic (exact) mass is 322 g/mol. The van der Waals surface area contributed by atoms with E-state index in [1.54, 1.807) is 12.4 Å². The Bertz CT molecular complexity index is 735. The third-order valence-corrected chi connectivity index (χ3v) is 5.08. The van der Waals surface area contributed by atoms with Crippen molar-refractivity contribution < 1.29 is 4.79 Å². The SMILES string of the molecule is CC1CCN(c2ncc(C(=O)N3CCc4ccccc43)cn2)CC1. The highest BCUT2D eigenvalue weighted by Gasteiger charge is 2.26. The molecule has 5 heteroatoms. The lowest BCUT2D eigenvalue weighted by molar-refractivity contribution is 0.0988. The number of aromatic nitrogens is 2. The van der Waals surface area contributed by atoms with Crippen LogP contribution in [0.15, 0.2) is 36.7 Å². The molecule has 0 saturated carbocycles. The highest BCUT2D eigenvalue weighted by molar-refractivity contribution is 6.06. The number of para-hydroxylation sites is 1. The molecule has 0 unspecified atom stereocenters. The predicted molar refractivity (Wildman–Crippen MR) is 94.5 cm³/mol. The van der Waals surface area contributed by atoms with Gasteiger partial charge in [0.05, 0.1) is 5.56 Å². The first-order chi connectivity index (χ1) is 11.7. The summed E-state index contributed by atoms with van der Waals surface area (Å²) in [6.07, 6.45) is 6.60. The molecule has 2 aliphatic heterocycles. The first-order valence-corrected chi connectivity index (χ1v) is 8.69. The Morgan fingerprint density at radius 2 is 1.79 bits per heavy atom. The number of amides is 1. The second kappa shape index (κ2) is 6.23. The summed E-state index contributed by atoms with van der Waals surface area (Å²) in [5.41, 5.74) is 2.79. The Hall–Kier alpha value is -2.43. The van der Waals surface area contributed by atoms with Crippen molar-refractivity contribution in [1.82, 2.24) is 9.97 Å². The van der Waals surface area contributed by atoms with Gasteiger partial charge in [-0.15, -0.1) is 0 Å². The molecule has 1 aromatic carbocycles. The fraction of sp³-hybridized carbons (Fsp3) is 0.421. The van der Waals surface area contributed by atoms with Gasteiger partial charge in [-0.2, -0.15) is 0 Å². The Kier molecular flexibility index (Phi) is 3.92. The minimum Gasteiger partial charge on any atom is -0.341 e. The van der Waals surface area contributed by atoms with Gasteiger partial charge in [0.15, 0.2) is 0 Å². The molecule has 5 nitrogen and oxygen atoms in total. The van der Waals surface area contributed by atoms with E-state index in [-0.39, 0.29) is 5.91 Å². The number of rotatable bonds is 2. The molecule has 24 heavy (non-hydrogen) atoms. The maximum atomic E-state index is 12.8. The van der Waals surface area contributed by atoms with Gasteiger partial charge in [-0.1, -0.05) is 25.1 Å². The zero-order chi connectivity index (χ0) is 16.5. The van der Waals surface area contributed by atoms with Gasteiger partial charge in [0, 0.05) is 37.7 Å². The van der Waals surface area contributed by atoms with Crippen LogP contribution in [0, 0.1) is 5.92 Å². The smallest absolute Gasteiger partial charge is 0.261 e. The van der Waals surface area contributed by atoms with Gasteiger partial charge in [-0.25, -0.2) is 9.97 Å². The second-order valence-corrected chi connectivity index (χ2v) is 6.78. The van der Waals surface area contributed by atoms with Crippen LogP contribution in [0.1, 0.15) is 35.7 Å². The number of hydrogen-bond acceptors (Lipinski definition) is 4. The van der Waals surface area contributed by atoms with Crippen LogP contribution in [0.2, 0.25) is 0 Å². The minimum absolute atomic E-state index is 0.0150. The summed E-state index contributed by atoms with van der Waals surface area (Å²) in [6.45, 7) is 5.00. The van der Waals surface area contributed by atoms with Crippen LogP contribution >= 0.6 is 0 Å². The number of piperidine rings is 1. The molecule has 1 aromatic heterocycles. The molecule has 2 aliphatic rings. The van der Waals surface area contributed by atoms with E-state index in [9.17, 15) is 4.79 Å². The number of fused-ring (bicyclic) bond motifs is 1. The molecule has 0 atom stereocenters. The van der Waals surface area contributed by atoms with Crippen LogP contribution < -0.4 is 9.80 Å². The van der Waals surface area contributed by atoms with Gasteiger partial charge in [0.25, 0.3) is 5.91 Å². The highest BCUT2D eigenvalue weighted by atomic mass is 16.2. The Morgan fingerprint density at radius 1 is 1.08 bits per heavy atom. The van der Waals surface area contributed by atoms with E-state index in [2.05, 4.69) is 27.9 Å². The molecule has 0 N–H and O–H groups in total. The third-order valence-electron chi connectivity index (χ3n) is 5.08. The summed E-state index contributed by atoms with van der Waals surface area (Å²) in [4.78, 5) is 25.7. The van der Waals surface area contributed by atoms with Crippen LogP contribution in [0.25, 0.3) is 0 Å². The molecule has 4 rings (SSSR count). The van der Waals surface area contributed by atoms with Gasteiger partial charge in [-0.05, 0) is 36.8 Å². The normalized spacial score (nSPS) is 17.9. The van der Waals surface area contributed by atoms with Gasteiger partial charge in [0.1, 0.15) is 0 Å². The molecule has 2 aromatic rings. The molecular formula is C19H22N4O. The average Bonchev–Trinajstić information content (AvgIpc) is 3.06. The molecule has 3 heterocycles. The summed E-state index contributed by atoms with van der Waals surface area (Å²) in [7, 11) is 0. The highest BCUT2D eigenvalue weighted by Crippen LogP contribution is 2.28. The van der Waals surface area contributed by atoms with Crippen LogP contribution in [0.4, 0.5) is 11.6 Å². The number of carbonyl (C=O) groups excluding carboxylic acids is 1. The fourth-order valence-electron chi connectivity index (χ4n) is 3.51. The molecular weight excluding hydrogens is 300 g/mol. The molecule has 124 valence electrons. The topological polar surface area (TPSA) is 49.3 Å². The number of anilines is 2. The molecule has 1 amide bonds. The van der Waals surface area contributed by atoms with Crippen molar-refractivity contribution in [3.63, 3.8) is 0 Å². The first-order valence-electron chi connectivity index (χ1n) is 8.69. The predicted octanol–water partition coefficient (Wildman–Crippen LogP) is 2.92. The van der Waals surface area contributed by atoms with Crippen LogP contribution in [-0.2, 0) is 6.42 Å². The molecule has 0 aliphatic carbocycles. The molecule has 0 bridgehead atoms. The van der Waals surface area contributed by atoms with E-state index in [0.29, 0.717) is 5.56 Å². The van der Waals surface area contributed by atoms with E-state index in [1.807, 2.05) is 23.1 Å². The molecule has 1 saturated heterocycles. The number of hydrogen-bond donors (Lipinski definition) is 0. The lowest BCUT2D eigenvalue weighted by Crippen LogP contribution is -2.34. The van der Waals surface area contributed by atoms with E-state index in [1.165, 1.54) is 18.4 Å². The lowest BCUT2D eigenvalue weighted by atomic mass is 10.00. The third kappa shape index (κ3) is 2.75. The number of carbonyl (C=O) groups is 1. The zero-order valence-electron chi connectivity index (χ0n) is 14.0. The van der Waals surface area contributed by atoms with Crippen molar-refractivity contribution in [2.75, 3.05) is 29.4 Å². The lowest BCUT2D eigenvalue weighted by Gasteiger charge is -2.30. The van der Waals surface area contributed by atoms with Crippen molar-refractivity contribution >= 4 is 17.5 Å². The largest absolute Gasteiger partial charge is 0.341 e. The second-order valence-electron chi connectivity index (χ2n) is 6.78. The van der Waals surface area contributed by atoms with Crippen LogP contribution in [0.3, 0.4) is 0 Å². The first kappa shape index (κ1) is 15.1. The Balaban J connectivity index is 1.50. The fourth-order valence-corrected chi connectivity index (χ4v) is 3.51. The summed E-state index contributed by atoms with van der Waals surface area (Å²) < 4.78 is 0. The van der Waals surface area contributed by atoms with Gasteiger partial charge in [0.2, 0.25) is 5.95 Å². The summed E-state index contributed by atoms with van der Waals surface area (Å²) in [5, 5.41) is 0. The van der Waals surface area contributed by atoms with Crippen molar-refractivity contribution in [3.8, 4) is 0 Å². The number of nitrogens with zero attached hydrogens (tertiary/aromatic N) is 4. The van der Waals surface area contributed by atoms with Crippen molar-refractivity contribution in [3.05, 3.63) is 47.8 Å². The van der Waals surface area contributed by atoms with E-state index in [4.69, 9.17) is 0 Å². The van der Waals surface area contributed by atoms with Crippen molar-refractivity contribution in [2.24, 2.45) is 5.92 Å². The standard InChI is InChI=1S/C19H22N4O/c1-14-6-9-22(10-7-14)19-20-12-16(13-21-19)18(24)23-11-8-15-4-2-3-5-17(15)23/h2-5,12-14H,6-11H2,1H3. The van der Waals surface area contributed by atoms with E-state index >= 15 is 0 Å². The quantitative estimate of drug-likeness (QED) is 0.853. The average molecular weight is 322 g/mol. The maximum Gasteiger partial charge on any atom is 0.261 e. The molecule has 0 spiro atoms. The van der Waals surface area contributed by atoms with E-state index in [0.717, 1.165) is 43.6 Å². The maximum absolute atomic E-state index is 12.8. The zero-order valence-corrected chi connectivity index (χ0v) is 14.0. The summed E-state index contributed by atoms with van der Waals surface area (Å²) in [6, 6.07) is 8.08.